The standard InChI is InChI=1S/C15H17ClN4O2/c16-9-5-6-10-12(7-9)19-13(18-10)8-17-15(22)11-3-1-2-4-14(21)20-11/h5-7,11H,1-4,8H2,(H,17,22)(H,18,19)(H,20,21)/t11-/m0/s1. The van der Waals surface area contributed by atoms with Gasteiger partial charge in [-0.2, -0.15) is 0 Å². The van der Waals surface area contributed by atoms with E-state index in [9.17, 15) is 9.59 Å². The number of carbonyl (C=O) groups excluding carboxylic acids is 2. The monoisotopic (exact) mass is 320 g/mol. The summed E-state index contributed by atoms with van der Waals surface area (Å²) in [5.74, 6) is 0.426. The van der Waals surface area contributed by atoms with Crippen molar-refractivity contribution >= 4 is 34.4 Å². The number of nitrogens with one attached hydrogen (secondary N) is 3. The summed E-state index contributed by atoms with van der Waals surface area (Å²) in [6, 6.07) is 4.94. The number of aromatic amines is 1. The smallest absolute Gasteiger partial charge is 0.242 e. The van der Waals surface area contributed by atoms with Crippen LogP contribution in [0, 0.1) is 0 Å². The van der Waals surface area contributed by atoms with Gasteiger partial charge in [-0.1, -0.05) is 18.0 Å². The fourth-order valence-corrected chi connectivity index (χ4v) is 2.75. The highest BCUT2D eigenvalue weighted by Gasteiger charge is 2.22. The minimum absolute atomic E-state index is 0.0592. The first-order chi connectivity index (χ1) is 10.6. The molecular weight excluding hydrogens is 304 g/mol. The van der Waals surface area contributed by atoms with E-state index in [1.807, 2.05) is 6.07 Å². The predicted octanol–water partition coefficient (Wildman–Crippen LogP) is 1.89. The van der Waals surface area contributed by atoms with Gasteiger partial charge in [0.05, 0.1) is 17.6 Å². The molecule has 1 aromatic carbocycles. The number of hydrogen-bond donors (Lipinski definition) is 3. The number of rotatable bonds is 3. The van der Waals surface area contributed by atoms with Crippen LogP contribution in [-0.4, -0.2) is 27.8 Å². The average Bonchev–Trinajstić information content (AvgIpc) is 2.76. The number of imidazole rings is 1. The van der Waals surface area contributed by atoms with E-state index in [1.165, 1.54) is 0 Å². The van der Waals surface area contributed by atoms with Gasteiger partial charge in [-0.05, 0) is 31.0 Å². The van der Waals surface area contributed by atoms with Crippen molar-refractivity contribution < 1.29 is 9.59 Å². The average molecular weight is 321 g/mol. The normalized spacial score (nSPS) is 18.8. The Morgan fingerprint density at radius 2 is 2.27 bits per heavy atom. The third-order valence-electron chi connectivity index (χ3n) is 3.72. The Kier molecular flexibility index (Phi) is 4.29. The zero-order valence-electron chi connectivity index (χ0n) is 12.0. The molecule has 3 rings (SSSR count). The highest BCUT2D eigenvalue weighted by molar-refractivity contribution is 6.31. The van der Waals surface area contributed by atoms with Gasteiger partial charge in [0.15, 0.2) is 0 Å². The molecule has 0 aliphatic carbocycles. The fourth-order valence-electron chi connectivity index (χ4n) is 2.58. The summed E-state index contributed by atoms with van der Waals surface area (Å²) >= 11 is 5.93. The first kappa shape index (κ1) is 14.8. The lowest BCUT2D eigenvalue weighted by atomic mass is 10.1. The van der Waals surface area contributed by atoms with E-state index >= 15 is 0 Å². The number of aromatic nitrogens is 2. The van der Waals surface area contributed by atoms with Gasteiger partial charge in [0.1, 0.15) is 11.9 Å². The second kappa shape index (κ2) is 6.36. The molecule has 1 aromatic heterocycles. The second-order valence-corrected chi connectivity index (χ2v) is 5.87. The van der Waals surface area contributed by atoms with Gasteiger partial charge in [0.25, 0.3) is 0 Å². The summed E-state index contributed by atoms with van der Waals surface area (Å²) in [6.45, 7) is 0.289. The van der Waals surface area contributed by atoms with Crippen molar-refractivity contribution in [3.05, 3.63) is 29.0 Å². The number of H-pyrrole nitrogens is 1. The van der Waals surface area contributed by atoms with E-state index in [0.29, 0.717) is 23.7 Å². The Morgan fingerprint density at radius 3 is 3.14 bits per heavy atom. The van der Waals surface area contributed by atoms with Crippen molar-refractivity contribution in [2.45, 2.75) is 38.3 Å². The predicted molar refractivity (Wildman–Crippen MR) is 83.3 cm³/mol. The van der Waals surface area contributed by atoms with Crippen LogP contribution in [0.1, 0.15) is 31.5 Å². The second-order valence-electron chi connectivity index (χ2n) is 5.43. The summed E-state index contributed by atoms with van der Waals surface area (Å²) in [6.07, 6.45) is 2.88. The van der Waals surface area contributed by atoms with Crippen molar-refractivity contribution in [1.29, 1.82) is 0 Å². The minimum Gasteiger partial charge on any atom is -0.347 e. The van der Waals surface area contributed by atoms with Gasteiger partial charge in [0.2, 0.25) is 11.8 Å². The highest BCUT2D eigenvalue weighted by Crippen LogP contribution is 2.17. The number of halogens is 1. The molecule has 0 saturated carbocycles. The lowest BCUT2D eigenvalue weighted by molar-refractivity contribution is -0.128. The van der Waals surface area contributed by atoms with Crippen LogP contribution in [0.15, 0.2) is 18.2 Å². The van der Waals surface area contributed by atoms with Gasteiger partial charge in [-0.25, -0.2) is 4.98 Å². The van der Waals surface area contributed by atoms with Crippen LogP contribution in [0.3, 0.4) is 0 Å². The zero-order chi connectivity index (χ0) is 15.5. The Morgan fingerprint density at radius 1 is 1.41 bits per heavy atom. The maximum absolute atomic E-state index is 12.2. The molecule has 0 bridgehead atoms. The molecule has 116 valence electrons. The lowest BCUT2D eigenvalue weighted by Crippen LogP contribution is -2.45. The largest absolute Gasteiger partial charge is 0.347 e. The molecule has 22 heavy (non-hydrogen) atoms. The van der Waals surface area contributed by atoms with Gasteiger partial charge in [-0.3, -0.25) is 9.59 Å². The van der Waals surface area contributed by atoms with Crippen LogP contribution in [0.5, 0.6) is 0 Å². The van der Waals surface area contributed by atoms with Crippen LogP contribution in [-0.2, 0) is 16.1 Å². The maximum Gasteiger partial charge on any atom is 0.242 e. The molecule has 0 spiro atoms. The molecule has 1 aliphatic heterocycles. The number of benzene rings is 1. The molecule has 1 fully saturated rings. The van der Waals surface area contributed by atoms with Crippen molar-refractivity contribution in [1.82, 2.24) is 20.6 Å². The van der Waals surface area contributed by atoms with Crippen LogP contribution < -0.4 is 10.6 Å². The summed E-state index contributed by atoms with van der Waals surface area (Å²) in [5, 5.41) is 6.19. The molecule has 6 nitrogen and oxygen atoms in total. The topological polar surface area (TPSA) is 86.9 Å². The SMILES string of the molecule is O=C1CCCC[C@@H](C(=O)NCc2nc3ccc(Cl)cc3[nH]2)N1. The summed E-state index contributed by atoms with van der Waals surface area (Å²) < 4.78 is 0. The first-order valence-electron chi connectivity index (χ1n) is 7.33. The quantitative estimate of drug-likeness (QED) is 0.807. The Bertz CT molecular complexity index is 713. The van der Waals surface area contributed by atoms with Crippen molar-refractivity contribution in [2.75, 3.05) is 0 Å². The minimum atomic E-state index is -0.450. The van der Waals surface area contributed by atoms with E-state index in [-0.39, 0.29) is 18.4 Å². The first-order valence-corrected chi connectivity index (χ1v) is 7.71. The molecule has 2 amide bonds. The van der Waals surface area contributed by atoms with E-state index < -0.39 is 6.04 Å². The van der Waals surface area contributed by atoms with Crippen molar-refractivity contribution in [2.24, 2.45) is 0 Å². The Labute approximate surface area is 132 Å². The maximum atomic E-state index is 12.2. The van der Waals surface area contributed by atoms with E-state index in [1.54, 1.807) is 12.1 Å². The van der Waals surface area contributed by atoms with Crippen molar-refractivity contribution in [3.8, 4) is 0 Å². The molecule has 0 radical (unpaired) electrons. The Balaban J connectivity index is 1.62. The molecule has 2 heterocycles. The molecule has 1 aliphatic rings. The third kappa shape index (κ3) is 3.39. The molecular formula is C15H17ClN4O2. The highest BCUT2D eigenvalue weighted by atomic mass is 35.5. The summed E-state index contributed by atoms with van der Waals surface area (Å²) in [5.41, 5.74) is 1.64. The number of nitrogens with zero attached hydrogens (tertiary/aromatic N) is 1. The van der Waals surface area contributed by atoms with E-state index in [2.05, 4.69) is 20.6 Å². The Hall–Kier alpha value is -2.08. The number of amides is 2. The van der Waals surface area contributed by atoms with Crippen LogP contribution in [0.25, 0.3) is 11.0 Å². The van der Waals surface area contributed by atoms with Gasteiger partial charge < -0.3 is 15.6 Å². The molecule has 0 unspecified atom stereocenters. The third-order valence-corrected chi connectivity index (χ3v) is 3.96. The van der Waals surface area contributed by atoms with Crippen LogP contribution in [0.4, 0.5) is 0 Å². The van der Waals surface area contributed by atoms with E-state index in [0.717, 1.165) is 23.9 Å². The van der Waals surface area contributed by atoms with Crippen LogP contribution in [0.2, 0.25) is 5.02 Å². The van der Waals surface area contributed by atoms with Gasteiger partial charge in [0, 0.05) is 11.4 Å². The number of carbonyl (C=O) groups is 2. The lowest BCUT2D eigenvalue weighted by Gasteiger charge is -2.14. The van der Waals surface area contributed by atoms with Gasteiger partial charge >= 0.3 is 0 Å². The summed E-state index contributed by atoms with van der Waals surface area (Å²) in [7, 11) is 0. The van der Waals surface area contributed by atoms with Crippen molar-refractivity contribution in [3.63, 3.8) is 0 Å². The molecule has 3 N–H and O–H groups in total. The van der Waals surface area contributed by atoms with Crippen LogP contribution >= 0.6 is 11.6 Å². The van der Waals surface area contributed by atoms with E-state index in [4.69, 9.17) is 11.6 Å². The molecule has 2 aromatic rings. The zero-order valence-corrected chi connectivity index (χ0v) is 12.7. The molecule has 7 heteroatoms. The van der Waals surface area contributed by atoms with Gasteiger partial charge in [-0.15, -0.1) is 0 Å². The fraction of sp³-hybridized carbons (Fsp3) is 0.400. The summed E-state index contributed by atoms with van der Waals surface area (Å²) in [4.78, 5) is 31.2. The number of hydrogen-bond acceptors (Lipinski definition) is 3. The number of fused-ring (bicyclic) bond motifs is 1. The molecule has 1 atom stereocenters. The molecule has 1 saturated heterocycles.